The SMILES string of the molecule is CN(C)C(=O)CCCC(=O)N1Cc2cccc(Br)c2CC1C(=O)O. The fourth-order valence-electron chi connectivity index (χ4n) is 2.82. The first-order valence-corrected chi connectivity index (χ1v) is 8.59. The molecule has 1 aromatic carbocycles. The minimum absolute atomic E-state index is 0.0366. The highest BCUT2D eigenvalue weighted by Gasteiger charge is 2.35. The average Bonchev–Trinajstić information content (AvgIpc) is 2.53. The number of amides is 2. The van der Waals surface area contributed by atoms with Gasteiger partial charge in [0, 0.05) is 44.4 Å². The van der Waals surface area contributed by atoms with Crippen LogP contribution in [0.2, 0.25) is 0 Å². The van der Waals surface area contributed by atoms with E-state index in [1.165, 1.54) is 9.80 Å². The predicted octanol–water partition coefficient (Wildman–Crippen LogP) is 2.05. The Morgan fingerprint density at radius 3 is 2.62 bits per heavy atom. The van der Waals surface area contributed by atoms with Crippen molar-refractivity contribution in [1.29, 1.82) is 0 Å². The number of carboxylic acids is 1. The standard InChI is InChI=1S/C17H21BrN2O4/c1-19(2)15(21)7-4-8-16(22)20-10-11-5-3-6-13(18)12(11)9-14(20)17(23)24/h3,5-6,14H,4,7-10H2,1-2H3,(H,23,24). The van der Waals surface area contributed by atoms with Crippen LogP contribution in [0.15, 0.2) is 22.7 Å². The van der Waals surface area contributed by atoms with Gasteiger partial charge in [-0.3, -0.25) is 9.59 Å². The minimum atomic E-state index is -1.01. The van der Waals surface area contributed by atoms with E-state index in [0.29, 0.717) is 6.42 Å². The van der Waals surface area contributed by atoms with Crippen molar-refractivity contribution in [3.8, 4) is 0 Å². The normalized spacial score (nSPS) is 16.5. The summed E-state index contributed by atoms with van der Waals surface area (Å²) >= 11 is 3.45. The molecular weight excluding hydrogens is 376 g/mol. The molecule has 0 saturated heterocycles. The molecule has 2 rings (SSSR count). The Bertz CT molecular complexity index is 660. The lowest BCUT2D eigenvalue weighted by Crippen LogP contribution is -2.48. The van der Waals surface area contributed by atoms with Crippen LogP contribution < -0.4 is 0 Å². The Balaban J connectivity index is 2.08. The molecule has 130 valence electrons. The number of nitrogens with zero attached hydrogens (tertiary/aromatic N) is 2. The number of aliphatic carboxylic acids is 1. The van der Waals surface area contributed by atoms with E-state index in [1.54, 1.807) is 14.1 Å². The highest BCUT2D eigenvalue weighted by atomic mass is 79.9. The molecule has 0 saturated carbocycles. The molecule has 0 radical (unpaired) electrons. The summed E-state index contributed by atoms with van der Waals surface area (Å²) in [7, 11) is 3.34. The molecule has 0 aromatic heterocycles. The van der Waals surface area contributed by atoms with Crippen LogP contribution in [-0.2, 0) is 27.3 Å². The first kappa shape index (κ1) is 18.4. The molecule has 0 fully saturated rings. The number of carbonyl (C=O) groups is 3. The number of carbonyl (C=O) groups excluding carboxylic acids is 2. The Morgan fingerprint density at radius 2 is 2.00 bits per heavy atom. The number of rotatable bonds is 5. The van der Waals surface area contributed by atoms with E-state index in [0.717, 1.165) is 15.6 Å². The van der Waals surface area contributed by atoms with Crippen molar-refractivity contribution >= 4 is 33.7 Å². The molecular formula is C17H21BrN2O4. The fraction of sp³-hybridized carbons (Fsp3) is 0.471. The van der Waals surface area contributed by atoms with Crippen molar-refractivity contribution in [3.05, 3.63) is 33.8 Å². The van der Waals surface area contributed by atoms with Crippen LogP contribution >= 0.6 is 15.9 Å². The molecule has 0 spiro atoms. The van der Waals surface area contributed by atoms with E-state index in [9.17, 15) is 19.5 Å². The van der Waals surface area contributed by atoms with Crippen molar-refractivity contribution in [2.75, 3.05) is 14.1 Å². The number of halogens is 1. The molecule has 1 aliphatic rings. The Hall–Kier alpha value is -1.89. The van der Waals surface area contributed by atoms with Crippen LogP contribution in [0.3, 0.4) is 0 Å². The molecule has 24 heavy (non-hydrogen) atoms. The summed E-state index contributed by atoms with van der Waals surface area (Å²) < 4.78 is 0.870. The predicted molar refractivity (Wildman–Crippen MR) is 92.4 cm³/mol. The zero-order valence-electron chi connectivity index (χ0n) is 13.8. The van der Waals surface area contributed by atoms with Crippen LogP contribution in [-0.4, -0.2) is 52.8 Å². The third-order valence-electron chi connectivity index (χ3n) is 4.22. The zero-order valence-corrected chi connectivity index (χ0v) is 15.4. The molecule has 0 bridgehead atoms. The smallest absolute Gasteiger partial charge is 0.326 e. The molecule has 1 aromatic rings. The molecule has 7 heteroatoms. The maximum atomic E-state index is 12.5. The highest BCUT2D eigenvalue weighted by molar-refractivity contribution is 9.10. The topological polar surface area (TPSA) is 77.9 Å². The summed E-state index contributed by atoms with van der Waals surface area (Å²) in [6.45, 7) is 0.284. The van der Waals surface area contributed by atoms with Gasteiger partial charge in [-0.15, -0.1) is 0 Å². The summed E-state index contributed by atoms with van der Waals surface area (Å²) in [5.74, 6) is -1.26. The molecule has 1 atom stereocenters. The van der Waals surface area contributed by atoms with Gasteiger partial charge < -0.3 is 14.9 Å². The molecule has 1 aliphatic heterocycles. The van der Waals surface area contributed by atoms with Gasteiger partial charge in [-0.05, 0) is 23.6 Å². The Morgan fingerprint density at radius 1 is 1.29 bits per heavy atom. The molecule has 1 N–H and O–H groups in total. The fourth-order valence-corrected chi connectivity index (χ4v) is 3.39. The Labute approximate surface area is 149 Å². The van der Waals surface area contributed by atoms with Crippen LogP contribution in [0.4, 0.5) is 0 Å². The van der Waals surface area contributed by atoms with E-state index >= 15 is 0 Å². The van der Waals surface area contributed by atoms with E-state index in [4.69, 9.17) is 0 Å². The van der Waals surface area contributed by atoms with E-state index in [2.05, 4.69) is 15.9 Å². The van der Waals surface area contributed by atoms with Gasteiger partial charge in [0.25, 0.3) is 0 Å². The van der Waals surface area contributed by atoms with Crippen molar-refractivity contribution in [3.63, 3.8) is 0 Å². The van der Waals surface area contributed by atoms with Gasteiger partial charge in [-0.2, -0.15) is 0 Å². The van der Waals surface area contributed by atoms with Crippen LogP contribution in [0.1, 0.15) is 30.4 Å². The third kappa shape index (κ3) is 4.14. The molecule has 1 heterocycles. The van der Waals surface area contributed by atoms with E-state index in [1.807, 2.05) is 18.2 Å². The van der Waals surface area contributed by atoms with Crippen molar-refractivity contribution in [2.24, 2.45) is 0 Å². The second-order valence-electron chi connectivity index (χ2n) is 6.10. The second kappa shape index (κ2) is 7.79. The van der Waals surface area contributed by atoms with Crippen LogP contribution in [0.5, 0.6) is 0 Å². The van der Waals surface area contributed by atoms with E-state index in [-0.39, 0.29) is 37.6 Å². The number of carboxylic acid groups (broad SMARTS) is 1. The summed E-state index contributed by atoms with van der Waals surface area (Å²) in [5.41, 5.74) is 1.90. The highest BCUT2D eigenvalue weighted by Crippen LogP contribution is 2.30. The monoisotopic (exact) mass is 396 g/mol. The van der Waals surface area contributed by atoms with Gasteiger partial charge in [-0.25, -0.2) is 4.79 Å². The maximum Gasteiger partial charge on any atom is 0.326 e. The second-order valence-corrected chi connectivity index (χ2v) is 6.95. The molecule has 1 unspecified atom stereocenters. The molecule has 2 amide bonds. The maximum absolute atomic E-state index is 12.5. The lowest BCUT2D eigenvalue weighted by Gasteiger charge is -2.35. The molecule has 0 aliphatic carbocycles. The summed E-state index contributed by atoms with van der Waals surface area (Å²) in [6.07, 6.45) is 1.16. The number of hydrogen-bond acceptors (Lipinski definition) is 3. The summed E-state index contributed by atoms with van der Waals surface area (Å²) in [4.78, 5) is 38.6. The van der Waals surface area contributed by atoms with Gasteiger partial charge in [0.2, 0.25) is 11.8 Å². The van der Waals surface area contributed by atoms with Crippen LogP contribution in [0.25, 0.3) is 0 Å². The van der Waals surface area contributed by atoms with Gasteiger partial charge in [-0.1, -0.05) is 28.1 Å². The Kier molecular flexibility index (Phi) is 5.99. The van der Waals surface area contributed by atoms with Crippen LogP contribution in [0, 0.1) is 0 Å². The lowest BCUT2D eigenvalue weighted by atomic mass is 9.93. The van der Waals surface area contributed by atoms with E-state index < -0.39 is 12.0 Å². The molecule has 6 nitrogen and oxygen atoms in total. The largest absolute Gasteiger partial charge is 0.480 e. The lowest BCUT2D eigenvalue weighted by molar-refractivity contribution is -0.151. The van der Waals surface area contributed by atoms with Gasteiger partial charge in [0.05, 0.1) is 0 Å². The van der Waals surface area contributed by atoms with Gasteiger partial charge >= 0.3 is 5.97 Å². The third-order valence-corrected chi connectivity index (χ3v) is 4.96. The van der Waals surface area contributed by atoms with Crippen molar-refractivity contribution < 1.29 is 19.5 Å². The zero-order chi connectivity index (χ0) is 17.9. The quantitative estimate of drug-likeness (QED) is 0.825. The minimum Gasteiger partial charge on any atom is -0.480 e. The van der Waals surface area contributed by atoms with Crippen molar-refractivity contribution in [1.82, 2.24) is 9.80 Å². The first-order chi connectivity index (χ1) is 11.3. The summed E-state index contributed by atoms with van der Waals surface area (Å²) in [6, 6.07) is 4.80. The first-order valence-electron chi connectivity index (χ1n) is 7.80. The van der Waals surface area contributed by atoms with Gasteiger partial charge in [0.15, 0.2) is 0 Å². The summed E-state index contributed by atoms with van der Waals surface area (Å²) in [5, 5.41) is 9.49. The average molecular weight is 397 g/mol. The number of benzene rings is 1. The number of hydrogen-bond donors (Lipinski definition) is 1. The number of fused-ring (bicyclic) bond motifs is 1. The van der Waals surface area contributed by atoms with Crippen molar-refractivity contribution in [2.45, 2.75) is 38.3 Å². The van der Waals surface area contributed by atoms with Gasteiger partial charge in [0.1, 0.15) is 6.04 Å².